The van der Waals surface area contributed by atoms with E-state index in [-0.39, 0.29) is 0 Å². The maximum atomic E-state index is 4.28. The summed E-state index contributed by atoms with van der Waals surface area (Å²) in [5.74, 6) is 0. The Morgan fingerprint density at radius 1 is 1.00 bits per heavy atom. The van der Waals surface area contributed by atoms with Gasteiger partial charge in [-0.2, -0.15) is 0 Å². The average molecular weight is 248 g/mol. The SMILES string of the molecule is Sc1ccc(CCNCCCCC2=CN2)cc1. The van der Waals surface area contributed by atoms with Gasteiger partial charge in [-0.15, -0.1) is 12.6 Å². The predicted octanol–water partition coefficient (Wildman–Crippen LogP) is 2.72. The topological polar surface area (TPSA) is 34.0 Å². The van der Waals surface area contributed by atoms with Gasteiger partial charge >= 0.3 is 0 Å². The molecule has 0 aliphatic carbocycles. The molecule has 3 heteroatoms. The summed E-state index contributed by atoms with van der Waals surface area (Å²) in [6, 6.07) is 8.40. The van der Waals surface area contributed by atoms with Crippen molar-refractivity contribution in [2.75, 3.05) is 13.1 Å². The van der Waals surface area contributed by atoms with Crippen LogP contribution in [0.2, 0.25) is 0 Å². The van der Waals surface area contributed by atoms with Crippen LogP contribution < -0.4 is 10.6 Å². The Kier molecular flexibility index (Phi) is 4.95. The molecular formula is C14H20N2S. The number of benzene rings is 1. The summed E-state index contributed by atoms with van der Waals surface area (Å²) >= 11 is 4.28. The van der Waals surface area contributed by atoms with Gasteiger partial charge in [0.15, 0.2) is 0 Å². The van der Waals surface area contributed by atoms with Crippen LogP contribution in [-0.2, 0) is 6.42 Å². The van der Waals surface area contributed by atoms with Gasteiger partial charge in [-0.1, -0.05) is 12.1 Å². The summed E-state index contributed by atoms with van der Waals surface area (Å²) in [4.78, 5) is 1.03. The van der Waals surface area contributed by atoms with E-state index in [0.717, 1.165) is 24.4 Å². The Hall–Kier alpha value is -0.930. The van der Waals surface area contributed by atoms with Crippen molar-refractivity contribution in [3.63, 3.8) is 0 Å². The van der Waals surface area contributed by atoms with Gasteiger partial charge in [-0.25, -0.2) is 0 Å². The summed E-state index contributed by atoms with van der Waals surface area (Å²) in [7, 11) is 0. The molecule has 1 aliphatic heterocycles. The minimum Gasteiger partial charge on any atom is -0.362 e. The summed E-state index contributed by atoms with van der Waals surface area (Å²) in [5, 5.41) is 6.61. The first-order valence-corrected chi connectivity index (χ1v) is 6.73. The molecule has 0 spiro atoms. The van der Waals surface area contributed by atoms with Gasteiger partial charge in [0.2, 0.25) is 0 Å². The highest BCUT2D eigenvalue weighted by molar-refractivity contribution is 7.80. The molecule has 0 bridgehead atoms. The molecule has 1 aliphatic rings. The van der Waals surface area contributed by atoms with Gasteiger partial charge in [-0.3, -0.25) is 0 Å². The van der Waals surface area contributed by atoms with E-state index in [2.05, 4.69) is 53.7 Å². The van der Waals surface area contributed by atoms with Crippen molar-refractivity contribution < 1.29 is 0 Å². The van der Waals surface area contributed by atoms with Crippen molar-refractivity contribution in [3.05, 3.63) is 41.7 Å². The Balaban J connectivity index is 1.47. The first-order chi connectivity index (χ1) is 8.34. The predicted molar refractivity (Wildman–Crippen MR) is 75.3 cm³/mol. The fourth-order valence-electron chi connectivity index (χ4n) is 1.78. The van der Waals surface area contributed by atoms with Gasteiger partial charge in [0.25, 0.3) is 0 Å². The zero-order chi connectivity index (χ0) is 11.9. The van der Waals surface area contributed by atoms with Crippen molar-refractivity contribution >= 4 is 12.6 Å². The maximum Gasteiger partial charge on any atom is 0.0309 e. The Morgan fingerprint density at radius 3 is 2.47 bits per heavy atom. The third kappa shape index (κ3) is 5.29. The molecule has 0 saturated heterocycles. The van der Waals surface area contributed by atoms with Crippen LogP contribution in [0.15, 0.2) is 41.1 Å². The van der Waals surface area contributed by atoms with Gasteiger partial charge in [-0.05, 0) is 56.5 Å². The number of thiol groups is 1. The van der Waals surface area contributed by atoms with Gasteiger partial charge in [0.05, 0.1) is 0 Å². The Bertz CT molecular complexity index is 370. The molecule has 0 amide bonds. The molecule has 2 rings (SSSR count). The fraction of sp³-hybridized carbons (Fsp3) is 0.429. The smallest absolute Gasteiger partial charge is 0.0309 e. The lowest BCUT2D eigenvalue weighted by atomic mass is 10.1. The van der Waals surface area contributed by atoms with Gasteiger partial charge < -0.3 is 10.6 Å². The molecular weight excluding hydrogens is 228 g/mol. The zero-order valence-corrected chi connectivity index (χ0v) is 11.0. The van der Waals surface area contributed by atoms with E-state index in [1.54, 1.807) is 0 Å². The van der Waals surface area contributed by atoms with E-state index < -0.39 is 0 Å². The summed E-state index contributed by atoms with van der Waals surface area (Å²) in [6.07, 6.45) is 6.93. The van der Waals surface area contributed by atoms with Crippen LogP contribution >= 0.6 is 12.6 Å². The molecule has 2 nitrogen and oxygen atoms in total. The highest BCUT2D eigenvalue weighted by atomic mass is 32.1. The second kappa shape index (κ2) is 6.72. The lowest BCUT2D eigenvalue weighted by molar-refractivity contribution is 0.622. The second-order valence-electron chi connectivity index (χ2n) is 4.44. The van der Waals surface area contributed by atoms with E-state index in [0.29, 0.717) is 0 Å². The van der Waals surface area contributed by atoms with Crippen LogP contribution in [-0.4, -0.2) is 13.1 Å². The molecule has 0 fully saturated rings. The van der Waals surface area contributed by atoms with Crippen LogP contribution in [0.3, 0.4) is 0 Å². The van der Waals surface area contributed by atoms with E-state index in [9.17, 15) is 0 Å². The number of unbranched alkanes of at least 4 members (excludes halogenated alkanes) is 1. The monoisotopic (exact) mass is 248 g/mol. The van der Waals surface area contributed by atoms with E-state index in [1.807, 2.05) is 0 Å². The molecule has 0 radical (unpaired) electrons. The minimum absolute atomic E-state index is 1.03. The molecule has 0 aromatic heterocycles. The van der Waals surface area contributed by atoms with E-state index >= 15 is 0 Å². The number of rotatable bonds is 8. The second-order valence-corrected chi connectivity index (χ2v) is 4.95. The molecule has 2 N–H and O–H groups in total. The highest BCUT2D eigenvalue weighted by Crippen LogP contribution is 2.11. The average Bonchev–Trinajstić information content (AvgIpc) is 3.14. The summed E-state index contributed by atoms with van der Waals surface area (Å²) < 4.78 is 0. The number of allylic oxidation sites excluding steroid dienone is 1. The van der Waals surface area contributed by atoms with Crippen LogP contribution in [0, 0.1) is 0 Å². The standard InChI is InChI=1S/C14H20N2S/c17-14-6-4-12(5-7-14)8-10-15-9-2-1-3-13-11-16-13/h4-7,11,15-17H,1-3,8-10H2. The normalized spacial score (nSPS) is 13.1. The minimum atomic E-state index is 1.03. The van der Waals surface area contributed by atoms with Crippen molar-refractivity contribution in [3.8, 4) is 0 Å². The first-order valence-electron chi connectivity index (χ1n) is 6.29. The van der Waals surface area contributed by atoms with Crippen LogP contribution in [0.4, 0.5) is 0 Å². The lowest BCUT2D eigenvalue weighted by Gasteiger charge is -2.04. The molecule has 0 atom stereocenters. The van der Waals surface area contributed by atoms with Crippen molar-refractivity contribution in [1.29, 1.82) is 0 Å². The number of hydrogen-bond donors (Lipinski definition) is 3. The third-order valence-corrected chi connectivity index (χ3v) is 3.22. The zero-order valence-electron chi connectivity index (χ0n) is 10.1. The van der Waals surface area contributed by atoms with Gasteiger partial charge in [0.1, 0.15) is 0 Å². The largest absolute Gasteiger partial charge is 0.362 e. The van der Waals surface area contributed by atoms with Crippen molar-refractivity contribution in [1.82, 2.24) is 10.6 Å². The fourth-order valence-corrected chi connectivity index (χ4v) is 1.93. The van der Waals surface area contributed by atoms with Crippen molar-refractivity contribution in [2.24, 2.45) is 0 Å². The Labute approximate surface area is 109 Å². The molecule has 0 unspecified atom stereocenters. The van der Waals surface area contributed by atoms with Crippen molar-refractivity contribution in [2.45, 2.75) is 30.6 Å². The quantitative estimate of drug-likeness (QED) is 0.488. The van der Waals surface area contributed by atoms with Crippen LogP contribution in [0.25, 0.3) is 0 Å². The van der Waals surface area contributed by atoms with E-state index in [1.165, 1.54) is 30.5 Å². The molecule has 1 aromatic rings. The summed E-state index contributed by atoms with van der Waals surface area (Å²) in [6.45, 7) is 2.19. The Morgan fingerprint density at radius 2 is 1.76 bits per heavy atom. The van der Waals surface area contributed by atoms with E-state index in [4.69, 9.17) is 0 Å². The molecule has 92 valence electrons. The number of hydrogen-bond acceptors (Lipinski definition) is 3. The molecule has 1 aromatic carbocycles. The maximum absolute atomic E-state index is 4.28. The van der Waals surface area contributed by atoms with Crippen LogP contribution in [0.1, 0.15) is 24.8 Å². The number of nitrogens with one attached hydrogen (secondary N) is 2. The summed E-state index contributed by atoms with van der Waals surface area (Å²) in [5.41, 5.74) is 2.79. The molecule has 0 saturated carbocycles. The molecule has 17 heavy (non-hydrogen) atoms. The molecule has 1 heterocycles. The highest BCUT2D eigenvalue weighted by Gasteiger charge is 2.03. The lowest BCUT2D eigenvalue weighted by Crippen LogP contribution is -2.18. The van der Waals surface area contributed by atoms with Crippen LogP contribution in [0.5, 0.6) is 0 Å². The van der Waals surface area contributed by atoms with Gasteiger partial charge in [0, 0.05) is 16.8 Å². The first kappa shape index (κ1) is 12.5. The third-order valence-electron chi connectivity index (χ3n) is 2.92.